The summed E-state index contributed by atoms with van der Waals surface area (Å²) < 4.78 is 0. The molecule has 2 aliphatic carbocycles. The third kappa shape index (κ3) is 1.58. The van der Waals surface area contributed by atoms with E-state index in [4.69, 9.17) is 0 Å². The van der Waals surface area contributed by atoms with Crippen LogP contribution in [-0.2, 0) is 11.2 Å². The van der Waals surface area contributed by atoms with Crippen LogP contribution in [0.1, 0.15) is 42.9 Å². The van der Waals surface area contributed by atoms with Crippen molar-refractivity contribution in [2.75, 3.05) is 0 Å². The minimum Gasteiger partial charge on any atom is -0.299 e. The molecule has 0 saturated heterocycles. The van der Waals surface area contributed by atoms with Crippen LogP contribution in [0.25, 0.3) is 0 Å². The summed E-state index contributed by atoms with van der Waals surface area (Å²) in [5.41, 5.74) is 4.09. The maximum absolute atomic E-state index is 11.2. The third-order valence-corrected chi connectivity index (χ3v) is 3.69. The van der Waals surface area contributed by atoms with Crippen LogP contribution in [-0.4, -0.2) is 10.8 Å². The van der Waals surface area contributed by atoms with Crippen LogP contribution < -0.4 is 0 Å². The molecule has 0 N–H and O–H groups in total. The van der Waals surface area contributed by atoms with E-state index in [0.29, 0.717) is 18.1 Å². The van der Waals surface area contributed by atoms with Crippen molar-refractivity contribution in [1.29, 1.82) is 0 Å². The van der Waals surface area contributed by atoms with E-state index in [2.05, 4.69) is 17.1 Å². The Labute approximate surface area is 95.4 Å². The van der Waals surface area contributed by atoms with Gasteiger partial charge < -0.3 is 0 Å². The van der Waals surface area contributed by atoms with Crippen molar-refractivity contribution < 1.29 is 4.79 Å². The number of nitrogens with zero attached hydrogens (tertiary/aromatic N) is 1. The topological polar surface area (TPSA) is 30.0 Å². The molecule has 0 aliphatic heterocycles. The van der Waals surface area contributed by atoms with E-state index >= 15 is 0 Å². The summed E-state index contributed by atoms with van der Waals surface area (Å²) in [5.74, 6) is 0.868. The highest BCUT2D eigenvalue weighted by atomic mass is 16.1. The Hall–Kier alpha value is -1.44. The van der Waals surface area contributed by atoms with Gasteiger partial charge in [-0.3, -0.25) is 9.78 Å². The number of hydrogen-bond acceptors (Lipinski definition) is 2. The molecule has 0 spiro atoms. The second-order valence-corrected chi connectivity index (χ2v) is 4.66. The quantitative estimate of drug-likeness (QED) is 0.671. The molecule has 3 rings (SSSR count). The van der Waals surface area contributed by atoms with Gasteiger partial charge in [0, 0.05) is 25.0 Å². The Morgan fingerprint density at radius 2 is 2.19 bits per heavy atom. The largest absolute Gasteiger partial charge is 0.299 e. The molecule has 2 nitrogen and oxygen atoms in total. The molecule has 1 aromatic rings. The van der Waals surface area contributed by atoms with Crippen molar-refractivity contribution in [1.82, 2.24) is 4.98 Å². The monoisotopic (exact) mass is 213 g/mol. The van der Waals surface area contributed by atoms with Gasteiger partial charge in [-0.25, -0.2) is 0 Å². The van der Waals surface area contributed by atoms with E-state index in [1.165, 1.54) is 23.3 Å². The highest BCUT2D eigenvalue weighted by Crippen LogP contribution is 2.39. The number of rotatable bonds is 1. The first-order chi connectivity index (χ1) is 7.84. The Bertz CT molecular complexity index is 462. The van der Waals surface area contributed by atoms with E-state index in [1.54, 1.807) is 0 Å². The fourth-order valence-corrected chi connectivity index (χ4v) is 2.82. The van der Waals surface area contributed by atoms with Crippen LogP contribution in [0.5, 0.6) is 0 Å². The lowest BCUT2D eigenvalue weighted by atomic mass is 9.87. The van der Waals surface area contributed by atoms with Gasteiger partial charge in [-0.1, -0.05) is 17.7 Å². The minimum atomic E-state index is 0.378. The molecule has 2 heteroatoms. The highest BCUT2D eigenvalue weighted by molar-refractivity contribution is 5.81. The van der Waals surface area contributed by atoms with Gasteiger partial charge in [0.1, 0.15) is 5.78 Å². The van der Waals surface area contributed by atoms with E-state index in [0.717, 1.165) is 19.3 Å². The predicted molar refractivity (Wildman–Crippen MR) is 62.2 cm³/mol. The zero-order valence-electron chi connectivity index (χ0n) is 9.28. The maximum atomic E-state index is 11.2. The second kappa shape index (κ2) is 3.85. The van der Waals surface area contributed by atoms with Crippen LogP contribution in [0.2, 0.25) is 0 Å². The lowest BCUT2D eigenvalue weighted by molar-refractivity contribution is -0.118. The molecule has 1 unspecified atom stereocenters. The number of aromatic nitrogens is 1. The van der Waals surface area contributed by atoms with Gasteiger partial charge in [0.2, 0.25) is 0 Å². The van der Waals surface area contributed by atoms with Gasteiger partial charge in [0.15, 0.2) is 0 Å². The van der Waals surface area contributed by atoms with Crippen molar-refractivity contribution in [3.63, 3.8) is 0 Å². The van der Waals surface area contributed by atoms with Crippen LogP contribution in [0, 0.1) is 0 Å². The number of carbonyl (C=O) groups excluding carboxylic acids is 1. The van der Waals surface area contributed by atoms with Gasteiger partial charge in [-0.05, 0) is 30.9 Å². The van der Waals surface area contributed by atoms with Crippen molar-refractivity contribution in [3.05, 3.63) is 41.2 Å². The number of allylic oxidation sites excluding steroid dienone is 2. The molecule has 82 valence electrons. The molecule has 2 aliphatic rings. The Kier molecular flexibility index (Phi) is 2.35. The Morgan fingerprint density at radius 3 is 3.00 bits per heavy atom. The number of ketones is 1. The van der Waals surface area contributed by atoms with Gasteiger partial charge in [-0.15, -0.1) is 0 Å². The summed E-state index contributed by atoms with van der Waals surface area (Å²) >= 11 is 0. The first-order valence-electron chi connectivity index (χ1n) is 5.99. The van der Waals surface area contributed by atoms with Crippen molar-refractivity contribution in [3.8, 4) is 0 Å². The Balaban J connectivity index is 1.90. The number of Topliss-reactive ketones (excluding diaryl/α,β-unsaturated/α-hetero) is 1. The SMILES string of the molecule is O=C1CC=C(C2CCc3cccnc32)CC1. The maximum Gasteiger partial charge on any atom is 0.136 e. The zero-order chi connectivity index (χ0) is 11.0. The molecule has 16 heavy (non-hydrogen) atoms. The van der Waals surface area contributed by atoms with E-state index in [-0.39, 0.29) is 0 Å². The zero-order valence-corrected chi connectivity index (χ0v) is 9.28. The molecule has 0 amide bonds. The lowest BCUT2D eigenvalue weighted by Gasteiger charge is -2.18. The highest BCUT2D eigenvalue weighted by Gasteiger charge is 2.27. The fraction of sp³-hybridized carbons (Fsp3) is 0.429. The standard InChI is InChI=1S/C14H15NO/c16-12-6-3-10(4-7-12)13-8-5-11-2-1-9-15-14(11)13/h1-3,9,13H,4-8H2. The molecular formula is C14H15NO. The lowest BCUT2D eigenvalue weighted by Crippen LogP contribution is -2.09. The van der Waals surface area contributed by atoms with Gasteiger partial charge in [0.25, 0.3) is 0 Å². The second-order valence-electron chi connectivity index (χ2n) is 4.66. The molecule has 0 fully saturated rings. The van der Waals surface area contributed by atoms with Crippen LogP contribution >= 0.6 is 0 Å². The van der Waals surface area contributed by atoms with Crippen molar-refractivity contribution in [2.45, 2.75) is 38.0 Å². The summed E-state index contributed by atoms with van der Waals surface area (Å²) in [4.78, 5) is 15.7. The smallest absolute Gasteiger partial charge is 0.136 e. The minimum absolute atomic E-state index is 0.378. The van der Waals surface area contributed by atoms with Gasteiger partial charge >= 0.3 is 0 Å². The average molecular weight is 213 g/mol. The fourth-order valence-electron chi connectivity index (χ4n) is 2.82. The summed E-state index contributed by atoms with van der Waals surface area (Å²) in [6.07, 6.45) is 8.63. The number of fused-ring (bicyclic) bond motifs is 1. The molecule has 0 saturated carbocycles. The molecule has 0 bridgehead atoms. The van der Waals surface area contributed by atoms with Crippen molar-refractivity contribution >= 4 is 5.78 Å². The van der Waals surface area contributed by atoms with Gasteiger partial charge in [0.05, 0.1) is 5.69 Å². The predicted octanol–water partition coefficient (Wildman–Crippen LogP) is 2.79. The summed E-state index contributed by atoms with van der Waals surface area (Å²) in [5, 5.41) is 0. The number of carbonyl (C=O) groups is 1. The number of aryl methyl sites for hydroxylation is 1. The van der Waals surface area contributed by atoms with E-state index in [1.807, 2.05) is 12.3 Å². The average Bonchev–Trinajstić information content (AvgIpc) is 2.74. The van der Waals surface area contributed by atoms with Crippen molar-refractivity contribution in [2.24, 2.45) is 0 Å². The summed E-state index contributed by atoms with van der Waals surface area (Å²) in [6.45, 7) is 0. The first-order valence-corrected chi connectivity index (χ1v) is 5.99. The number of hydrogen-bond donors (Lipinski definition) is 0. The number of pyridine rings is 1. The molecule has 0 aromatic carbocycles. The molecule has 1 atom stereocenters. The van der Waals surface area contributed by atoms with E-state index < -0.39 is 0 Å². The summed E-state index contributed by atoms with van der Waals surface area (Å²) in [6, 6.07) is 4.19. The first kappa shape index (κ1) is 9.76. The van der Waals surface area contributed by atoms with Gasteiger partial charge in [-0.2, -0.15) is 0 Å². The molecule has 1 heterocycles. The molecular weight excluding hydrogens is 198 g/mol. The van der Waals surface area contributed by atoms with Crippen LogP contribution in [0.4, 0.5) is 0 Å². The summed E-state index contributed by atoms with van der Waals surface area (Å²) in [7, 11) is 0. The van der Waals surface area contributed by atoms with Crippen LogP contribution in [0.3, 0.4) is 0 Å². The third-order valence-electron chi connectivity index (χ3n) is 3.69. The normalized spacial score (nSPS) is 24.1. The molecule has 0 radical (unpaired) electrons. The van der Waals surface area contributed by atoms with E-state index in [9.17, 15) is 4.79 Å². The Morgan fingerprint density at radius 1 is 1.25 bits per heavy atom. The van der Waals surface area contributed by atoms with Crippen LogP contribution in [0.15, 0.2) is 30.0 Å². The molecule has 1 aromatic heterocycles.